The predicted octanol–water partition coefficient (Wildman–Crippen LogP) is 3.97. The molecule has 1 amide bonds. The first-order chi connectivity index (χ1) is 10.1. The number of nitrogens with one attached hydrogen (secondary N) is 1. The van der Waals surface area contributed by atoms with E-state index in [0.29, 0.717) is 11.7 Å². The van der Waals surface area contributed by atoms with Gasteiger partial charge in [-0.3, -0.25) is 4.79 Å². The molecule has 0 bridgehead atoms. The zero-order valence-corrected chi connectivity index (χ0v) is 12.1. The van der Waals surface area contributed by atoms with E-state index in [2.05, 4.69) is 19.2 Å². The number of anilines is 1. The van der Waals surface area contributed by atoms with Crippen molar-refractivity contribution in [2.75, 3.05) is 11.9 Å². The maximum absolute atomic E-state index is 13.4. The molecule has 0 aliphatic carbocycles. The van der Waals surface area contributed by atoms with Gasteiger partial charge in [-0.05, 0) is 29.7 Å². The van der Waals surface area contributed by atoms with Crippen LogP contribution in [0.3, 0.4) is 0 Å². The van der Waals surface area contributed by atoms with Gasteiger partial charge in [-0.2, -0.15) is 0 Å². The van der Waals surface area contributed by atoms with E-state index in [1.807, 2.05) is 24.3 Å². The lowest BCUT2D eigenvalue weighted by molar-refractivity contribution is -0.118. The third-order valence-corrected chi connectivity index (χ3v) is 3.05. The molecule has 0 aliphatic rings. The molecule has 0 saturated carbocycles. The van der Waals surface area contributed by atoms with E-state index < -0.39 is 11.7 Å². The molecule has 0 radical (unpaired) electrons. The highest BCUT2D eigenvalue weighted by atomic mass is 19.1. The lowest BCUT2D eigenvalue weighted by atomic mass is 10.0. The Morgan fingerprint density at radius 1 is 1.14 bits per heavy atom. The molecule has 0 spiro atoms. The third kappa shape index (κ3) is 4.05. The van der Waals surface area contributed by atoms with Crippen LogP contribution < -0.4 is 10.1 Å². The van der Waals surface area contributed by atoms with Crippen molar-refractivity contribution in [1.82, 2.24) is 0 Å². The van der Waals surface area contributed by atoms with Crippen LogP contribution in [0, 0.1) is 5.82 Å². The van der Waals surface area contributed by atoms with Gasteiger partial charge in [0.1, 0.15) is 11.6 Å². The summed E-state index contributed by atoms with van der Waals surface area (Å²) in [6, 6.07) is 13.6. The van der Waals surface area contributed by atoms with Gasteiger partial charge in [-0.15, -0.1) is 0 Å². The highest BCUT2D eigenvalue weighted by molar-refractivity contribution is 5.91. The number of hydrogen-bond donors (Lipinski definition) is 1. The van der Waals surface area contributed by atoms with E-state index in [0.717, 1.165) is 5.56 Å². The number of carbonyl (C=O) groups is 1. The Morgan fingerprint density at radius 2 is 1.81 bits per heavy atom. The molecule has 0 aromatic heterocycles. The summed E-state index contributed by atoms with van der Waals surface area (Å²) in [7, 11) is 0. The van der Waals surface area contributed by atoms with Crippen LogP contribution in [0.25, 0.3) is 0 Å². The van der Waals surface area contributed by atoms with Gasteiger partial charge in [0.05, 0.1) is 5.69 Å². The number of hydrogen-bond acceptors (Lipinski definition) is 2. The van der Waals surface area contributed by atoms with E-state index in [4.69, 9.17) is 4.74 Å². The van der Waals surface area contributed by atoms with Crippen molar-refractivity contribution in [3.8, 4) is 5.75 Å². The summed E-state index contributed by atoms with van der Waals surface area (Å²) in [6.45, 7) is 3.96. The van der Waals surface area contributed by atoms with E-state index in [9.17, 15) is 9.18 Å². The quantitative estimate of drug-likeness (QED) is 0.903. The monoisotopic (exact) mass is 287 g/mol. The summed E-state index contributed by atoms with van der Waals surface area (Å²) in [4.78, 5) is 11.8. The fraction of sp³-hybridized carbons (Fsp3) is 0.235. The fourth-order valence-corrected chi connectivity index (χ4v) is 1.98. The summed E-state index contributed by atoms with van der Waals surface area (Å²) in [5.41, 5.74) is 1.19. The molecule has 21 heavy (non-hydrogen) atoms. The molecular weight excluding hydrogens is 269 g/mol. The summed E-state index contributed by atoms with van der Waals surface area (Å²) in [6.07, 6.45) is 0. The van der Waals surface area contributed by atoms with Crippen molar-refractivity contribution >= 4 is 11.6 Å². The van der Waals surface area contributed by atoms with Crippen LogP contribution in [-0.4, -0.2) is 12.5 Å². The Hall–Kier alpha value is -2.36. The average Bonchev–Trinajstić information content (AvgIpc) is 2.48. The van der Waals surface area contributed by atoms with Crippen LogP contribution >= 0.6 is 0 Å². The molecule has 3 nitrogen and oxygen atoms in total. The summed E-state index contributed by atoms with van der Waals surface area (Å²) in [5, 5.41) is 2.49. The van der Waals surface area contributed by atoms with Crippen LogP contribution in [0.1, 0.15) is 25.3 Å². The number of carbonyl (C=O) groups excluding carboxylic acids is 1. The minimum absolute atomic E-state index is 0.155. The molecule has 2 aromatic carbocycles. The minimum Gasteiger partial charge on any atom is -0.483 e. The zero-order chi connectivity index (χ0) is 15.2. The second kappa shape index (κ2) is 6.88. The van der Waals surface area contributed by atoms with Crippen LogP contribution in [0.4, 0.5) is 10.1 Å². The summed E-state index contributed by atoms with van der Waals surface area (Å²) < 4.78 is 19.0. The fourth-order valence-electron chi connectivity index (χ4n) is 1.98. The average molecular weight is 287 g/mol. The van der Waals surface area contributed by atoms with Gasteiger partial charge < -0.3 is 10.1 Å². The van der Waals surface area contributed by atoms with Crippen molar-refractivity contribution < 1.29 is 13.9 Å². The normalized spacial score (nSPS) is 10.5. The molecule has 0 atom stereocenters. The first-order valence-corrected chi connectivity index (χ1v) is 6.84. The van der Waals surface area contributed by atoms with Crippen LogP contribution in [0.15, 0.2) is 48.5 Å². The molecule has 4 heteroatoms. The molecular formula is C17H18FNO2. The van der Waals surface area contributed by atoms with E-state index in [1.165, 1.54) is 12.1 Å². The number of benzene rings is 2. The van der Waals surface area contributed by atoms with Crippen molar-refractivity contribution in [3.63, 3.8) is 0 Å². The number of halogens is 1. The van der Waals surface area contributed by atoms with Gasteiger partial charge in [0.25, 0.3) is 5.91 Å². The lowest BCUT2D eigenvalue weighted by Gasteiger charge is -2.13. The second-order valence-electron chi connectivity index (χ2n) is 5.01. The Balaban J connectivity index is 1.97. The van der Waals surface area contributed by atoms with Crippen molar-refractivity contribution in [3.05, 3.63) is 59.9 Å². The standard InChI is InChI=1S/C17H18FNO2/c1-12(2)13-7-3-6-10-16(13)21-11-17(20)19-15-9-5-4-8-14(15)18/h3-10,12H,11H2,1-2H3,(H,19,20). The third-order valence-electron chi connectivity index (χ3n) is 3.05. The van der Waals surface area contributed by atoms with Crippen molar-refractivity contribution in [2.45, 2.75) is 19.8 Å². The smallest absolute Gasteiger partial charge is 0.262 e. The number of para-hydroxylation sites is 2. The Bertz CT molecular complexity index is 626. The molecule has 1 N–H and O–H groups in total. The van der Waals surface area contributed by atoms with Crippen molar-refractivity contribution in [2.24, 2.45) is 0 Å². The maximum atomic E-state index is 13.4. The highest BCUT2D eigenvalue weighted by Gasteiger charge is 2.10. The molecule has 0 unspecified atom stereocenters. The van der Waals surface area contributed by atoms with E-state index in [-0.39, 0.29) is 12.3 Å². The topological polar surface area (TPSA) is 38.3 Å². The zero-order valence-electron chi connectivity index (χ0n) is 12.1. The lowest BCUT2D eigenvalue weighted by Crippen LogP contribution is -2.21. The summed E-state index contributed by atoms with van der Waals surface area (Å²) >= 11 is 0. The van der Waals surface area contributed by atoms with Gasteiger partial charge in [-0.25, -0.2) is 4.39 Å². The van der Waals surface area contributed by atoms with Crippen LogP contribution in [0.2, 0.25) is 0 Å². The van der Waals surface area contributed by atoms with Crippen molar-refractivity contribution in [1.29, 1.82) is 0 Å². The Kier molecular flexibility index (Phi) is 4.93. The van der Waals surface area contributed by atoms with Gasteiger partial charge in [-0.1, -0.05) is 44.2 Å². The molecule has 2 rings (SSSR count). The maximum Gasteiger partial charge on any atom is 0.262 e. The predicted molar refractivity (Wildman–Crippen MR) is 81.1 cm³/mol. The van der Waals surface area contributed by atoms with Gasteiger partial charge in [0.15, 0.2) is 6.61 Å². The largest absolute Gasteiger partial charge is 0.483 e. The van der Waals surface area contributed by atoms with Crippen LogP contribution in [-0.2, 0) is 4.79 Å². The summed E-state index contributed by atoms with van der Waals surface area (Å²) in [5.74, 6) is 0.124. The number of amides is 1. The number of rotatable bonds is 5. The van der Waals surface area contributed by atoms with Gasteiger partial charge in [0, 0.05) is 0 Å². The molecule has 2 aromatic rings. The Labute approximate surface area is 123 Å². The first-order valence-electron chi connectivity index (χ1n) is 6.84. The minimum atomic E-state index is -0.464. The van der Waals surface area contributed by atoms with E-state index >= 15 is 0 Å². The SMILES string of the molecule is CC(C)c1ccccc1OCC(=O)Nc1ccccc1F. The molecule has 0 aliphatic heterocycles. The molecule has 0 saturated heterocycles. The van der Waals surface area contributed by atoms with Crippen LogP contribution in [0.5, 0.6) is 5.75 Å². The first kappa shape index (κ1) is 15.0. The highest BCUT2D eigenvalue weighted by Crippen LogP contribution is 2.25. The molecule has 110 valence electrons. The second-order valence-corrected chi connectivity index (χ2v) is 5.01. The van der Waals surface area contributed by atoms with E-state index in [1.54, 1.807) is 12.1 Å². The molecule has 0 fully saturated rings. The van der Waals surface area contributed by atoms with Gasteiger partial charge in [0.2, 0.25) is 0 Å². The van der Waals surface area contributed by atoms with Gasteiger partial charge >= 0.3 is 0 Å². The number of ether oxygens (including phenoxy) is 1. The molecule has 0 heterocycles. The Morgan fingerprint density at radius 3 is 2.52 bits per heavy atom.